The molecule has 0 heterocycles. The molecular weight excluding hydrogens is 935 g/mol. The van der Waals surface area contributed by atoms with E-state index in [1.165, 1.54) is 338 Å². The van der Waals surface area contributed by atoms with Crippen molar-refractivity contribution in [2.45, 2.75) is 380 Å². The minimum atomic E-state index is -0.840. The number of nitrogens with zero attached hydrogens (tertiary/aromatic N) is 1. The number of carbonyl (C=O) groups is 2. The molecule has 5 nitrogen and oxygen atoms in total. The van der Waals surface area contributed by atoms with Crippen LogP contribution in [0.15, 0.2) is 0 Å². The van der Waals surface area contributed by atoms with Gasteiger partial charge in [-0.1, -0.05) is 386 Å². The van der Waals surface area contributed by atoms with Crippen LogP contribution >= 0.6 is 25.0 Å². The van der Waals surface area contributed by atoms with Gasteiger partial charge in [-0.25, -0.2) is 0 Å². The minimum absolute atomic E-state index is 0.0956. The van der Waals surface area contributed by atoms with E-state index in [9.17, 15) is 9.59 Å². The Morgan fingerprint density at radius 3 is 0.699 bits per heavy atom. The summed E-state index contributed by atoms with van der Waals surface area (Å²) in [6.45, 7) is 5.36. The van der Waals surface area contributed by atoms with Crippen LogP contribution in [-0.2, 0) is 19.1 Å². The van der Waals surface area contributed by atoms with E-state index in [2.05, 4.69) is 26.7 Å². The normalized spacial score (nSPS) is 11.9. The second-order valence-electron chi connectivity index (χ2n) is 23.1. The summed E-state index contributed by atoms with van der Waals surface area (Å²) >= 11 is 9.78. The smallest absolute Gasteiger partial charge is 0.316 e. The molecule has 0 saturated carbocycles. The number of hydrogen-bond acceptors (Lipinski definition) is 6. The van der Waals surface area contributed by atoms with E-state index in [0.717, 1.165) is 25.7 Å². The number of thiocarbonyl (C=S) groups is 1. The molecule has 0 rings (SSSR count). The zero-order chi connectivity index (χ0) is 53.0. The predicted octanol–water partition coefficient (Wildman–Crippen LogP) is 23.1. The first-order valence-electron chi connectivity index (χ1n) is 33.2. The van der Waals surface area contributed by atoms with Gasteiger partial charge in [0, 0.05) is 7.05 Å². The van der Waals surface area contributed by atoms with Gasteiger partial charge < -0.3 is 13.8 Å². The first-order chi connectivity index (χ1) is 35.9. The molecule has 7 heteroatoms. The van der Waals surface area contributed by atoms with Crippen molar-refractivity contribution in [2.24, 2.45) is 5.92 Å². The van der Waals surface area contributed by atoms with Gasteiger partial charge in [0.25, 0.3) is 0 Å². The van der Waals surface area contributed by atoms with Gasteiger partial charge in [-0.2, -0.15) is 0 Å². The fourth-order valence-corrected chi connectivity index (χ4v) is 11.0. The van der Waals surface area contributed by atoms with Gasteiger partial charge in [-0.05, 0) is 12.8 Å². The lowest BCUT2D eigenvalue weighted by Crippen LogP contribution is -2.34. The molecule has 0 N–H and O–H groups in total. The fraction of sp³-hybridized carbons (Fsp3) is 0.955. The van der Waals surface area contributed by atoms with Gasteiger partial charge in [0.2, 0.25) is 0 Å². The Bertz CT molecular complexity index is 1120. The Kier molecular flexibility index (Phi) is 61.3. The molecule has 0 aromatic carbocycles. The molecule has 0 fully saturated rings. The molecule has 0 aliphatic carbocycles. The molecule has 0 aromatic rings. The number of carbonyl (C=O) groups excluding carboxylic acids is 2. The third-order valence-corrected chi connectivity index (χ3v) is 16.7. The largest absolute Gasteiger partial charge is 0.466 e. The van der Waals surface area contributed by atoms with Crippen molar-refractivity contribution in [3.05, 3.63) is 0 Å². The number of hydrogen-bond donors (Lipinski definition) is 1. The van der Waals surface area contributed by atoms with Gasteiger partial charge in [-0.15, -0.1) is 0 Å². The van der Waals surface area contributed by atoms with Gasteiger partial charge in [0.1, 0.15) is 10.9 Å². The van der Waals surface area contributed by atoms with E-state index in [4.69, 9.17) is 21.7 Å². The van der Waals surface area contributed by atoms with Gasteiger partial charge >= 0.3 is 11.9 Å². The molecule has 0 radical (unpaired) electrons. The SMILES string of the molecule is CCCCCCCCCCCCCCCCCCCCCCCCCCCCCCOC(=O)CC(C(=O)OCCCCCCCCCCCCCCCCCCCCCCCCCCCCCC)C(=S)N(C)S. The van der Waals surface area contributed by atoms with Crippen molar-refractivity contribution in [3.63, 3.8) is 0 Å². The predicted molar refractivity (Wildman–Crippen MR) is 329 cm³/mol. The molecule has 1 atom stereocenters. The highest BCUT2D eigenvalue weighted by Gasteiger charge is 2.30. The number of esters is 2. The Labute approximate surface area is 468 Å². The van der Waals surface area contributed by atoms with Gasteiger partial charge in [0.15, 0.2) is 0 Å². The van der Waals surface area contributed by atoms with Crippen molar-refractivity contribution in [1.29, 1.82) is 0 Å². The number of rotatable bonds is 62. The number of thiol groups is 1. The summed E-state index contributed by atoms with van der Waals surface area (Å²) in [6.07, 6.45) is 77.0. The van der Waals surface area contributed by atoms with Crippen molar-refractivity contribution in [3.8, 4) is 0 Å². The lowest BCUT2D eigenvalue weighted by Gasteiger charge is -2.21. The molecule has 0 saturated heterocycles. The summed E-state index contributed by atoms with van der Waals surface area (Å²) in [7, 11) is 1.68. The van der Waals surface area contributed by atoms with E-state index in [0.29, 0.717) is 18.2 Å². The zero-order valence-electron chi connectivity index (χ0n) is 49.7. The standard InChI is InChI=1S/C66H129NO4S2/c1-4-6-8-10-12-14-16-18-20-22-24-26-28-30-32-34-36-38-40-42-44-46-48-50-52-54-56-58-60-70-64(68)62-63(65(72)67(3)73)66(69)71-61-59-57-55-53-51-49-47-45-43-41-39-37-35-33-31-29-27-25-23-21-19-17-15-13-11-9-7-5-2/h63,73H,4-62H2,1-3H3. The van der Waals surface area contributed by atoms with Crippen LogP contribution in [-0.4, -0.2) is 41.5 Å². The highest BCUT2D eigenvalue weighted by molar-refractivity contribution is 7.84. The van der Waals surface area contributed by atoms with E-state index >= 15 is 0 Å². The van der Waals surface area contributed by atoms with Crippen LogP contribution < -0.4 is 0 Å². The van der Waals surface area contributed by atoms with Crippen LogP contribution in [0.2, 0.25) is 0 Å². The van der Waals surface area contributed by atoms with Crippen molar-refractivity contribution in [2.75, 3.05) is 20.3 Å². The molecule has 0 aromatic heterocycles. The van der Waals surface area contributed by atoms with E-state index in [1.54, 1.807) is 7.05 Å². The average molecular weight is 1060 g/mol. The molecule has 0 amide bonds. The lowest BCUT2D eigenvalue weighted by atomic mass is 10.0. The quantitative estimate of drug-likeness (QED) is 0.0284. The molecule has 434 valence electrons. The fourth-order valence-electron chi connectivity index (χ4n) is 10.7. The Morgan fingerprint density at radius 2 is 0.507 bits per heavy atom. The van der Waals surface area contributed by atoms with Crippen LogP contribution in [0.5, 0.6) is 0 Å². The third kappa shape index (κ3) is 57.2. The summed E-state index contributed by atoms with van der Waals surface area (Å²) < 4.78 is 12.6. The van der Waals surface area contributed by atoms with E-state index in [-0.39, 0.29) is 6.42 Å². The summed E-state index contributed by atoms with van der Waals surface area (Å²) in [4.78, 5) is 26.0. The maximum Gasteiger partial charge on any atom is 0.316 e. The number of ether oxygens (including phenoxy) is 2. The van der Waals surface area contributed by atoms with Crippen molar-refractivity contribution < 1.29 is 19.1 Å². The molecule has 73 heavy (non-hydrogen) atoms. The van der Waals surface area contributed by atoms with E-state index in [1.807, 2.05) is 0 Å². The summed E-state index contributed by atoms with van der Waals surface area (Å²) in [5.74, 6) is -1.68. The van der Waals surface area contributed by atoms with Gasteiger partial charge in [0.05, 0.1) is 19.6 Å². The molecule has 0 bridgehead atoms. The van der Waals surface area contributed by atoms with Crippen molar-refractivity contribution in [1.82, 2.24) is 4.31 Å². The lowest BCUT2D eigenvalue weighted by molar-refractivity contribution is -0.153. The maximum absolute atomic E-state index is 13.0. The summed E-state index contributed by atoms with van der Waals surface area (Å²) in [5, 5.41) is 0. The molecular formula is C66H129NO4S2. The van der Waals surface area contributed by atoms with Crippen molar-refractivity contribution >= 4 is 42.0 Å². The first kappa shape index (κ1) is 72.2. The molecule has 0 aliphatic rings. The monoisotopic (exact) mass is 1060 g/mol. The van der Waals surface area contributed by atoms with Crippen LogP contribution in [0.1, 0.15) is 380 Å². The molecule has 0 spiro atoms. The molecule has 1 unspecified atom stereocenters. The first-order valence-corrected chi connectivity index (χ1v) is 34.0. The second kappa shape index (κ2) is 62.0. The van der Waals surface area contributed by atoms with Crippen LogP contribution in [0.4, 0.5) is 0 Å². The zero-order valence-corrected chi connectivity index (χ0v) is 51.4. The Morgan fingerprint density at radius 1 is 0.329 bits per heavy atom. The molecule has 0 aliphatic heterocycles. The summed E-state index contributed by atoms with van der Waals surface area (Å²) in [5.41, 5.74) is 0. The topological polar surface area (TPSA) is 55.8 Å². The highest BCUT2D eigenvalue weighted by atomic mass is 32.1. The van der Waals surface area contributed by atoms with Gasteiger partial charge in [-0.3, -0.25) is 9.59 Å². The summed E-state index contributed by atoms with van der Waals surface area (Å²) in [6, 6.07) is 0. The van der Waals surface area contributed by atoms with Crippen LogP contribution in [0, 0.1) is 5.92 Å². The Balaban J connectivity index is 3.58. The minimum Gasteiger partial charge on any atom is -0.466 e. The van der Waals surface area contributed by atoms with E-state index < -0.39 is 17.9 Å². The third-order valence-electron chi connectivity index (χ3n) is 15.8. The maximum atomic E-state index is 13.0. The van der Waals surface area contributed by atoms with Crippen LogP contribution in [0.3, 0.4) is 0 Å². The Hall–Kier alpha value is -0.820. The van der Waals surface area contributed by atoms with Crippen LogP contribution in [0.25, 0.3) is 0 Å². The highest BCUT2D eigenvalue weighted by Crippen LogP contribution is 2.20. The second-order valence-corrected chi connectivity index (χ2v) is 24.1. The number of unbranched alkanes of at least 4 members (excludes halogenated alkanes) is 54. The average Bonchev–Trinajstić information content (AvgIpc) is 3.38.